The van der Waals surface area contributed by atoms with E-state index in [0.29, 0.717) is 24.7 Å². The van der Waals surface area contributed by atoms with Crippen LogP contribution in [0.25, 0.3) is 0 Å². The van der Waals surface area contributed by atoms with Crippen LogP contribution in [0.4, 0.5) is 20.1 Å². The van der Waals surface area contributed by atoms with E-state index in [1.165, 1.54) is 87.0 Å². The lowest BCUT2D eigenvalue weighted by atomic mass is 10.0. The Morgan fingerprint density at radius 2 is 1.03 bits per heavy atom. The standard InChI is InChI=1S/C27H33N3O8S.C25H33N3O6S.C13H13NO7/c1-35-20-8-10-21(11-9-20)39(33,34)30(14-5-13-28)17-24(31)23(16-19-6-3-2-4-7-19)29-27(32)38-25-18-37-26-22(25)12-15-36-26;1-25(2,3)34-24(30)27-22(17-19-9-6-5-7-10-19)23(29)18-28(16-8-15-26)35(31,32)21-13-11-20(33-4)12-14-21;15-13(20-9-3-1-8(2-4-9)14(16)17)21-11-7-19-12-10(11)5-6-18-12/h2-4,6-11,22-26,31H,5,12,14-18H2,1H3,(H,29,32);5-7,9-14,22-23,29H,8,16-18H2,1-4H3,(H,27,30);1-4,10-12H,5-7H2/t22-,23-,24+,25-,26+;22-,23+;10-,11-,12+/m000/s1. The van der Waals surface area contributed by atoms with Crippen LogP contribution in [0, 0.1) is 44.6 Å². The molecule has 4 heterocycles. The fraction of sp³-hybridized carbons (Fsp3) is 0.462. The number of carbonyl (C=O) groups is 3. The maximum absolute atomic E-state index is 13.4. The van der Waals surface area contributed by atoms with E-state index in [9.17, 15) is 51.5 Å². The molecule has 0 aromatic heterocycles. The van der Waals surface area contributed by atoms with E-state index in [-0.39, 0.29) is 117 Å². The fourth-order valence-corrected chi connectivity index (χ4v) is 13.4. The van der Waals surface area contributed by atoms with Gasteiger partial charge in [0.1, 0.15) is 35.1 Å². The minimum Gasteiger partial charge on any atom is -0.497 e. The zero-order valence-corrected chi connectivity index (χ0v) is 54.7. The number of aliphatic hydroxyl groups is 2. The van der Waals surface area contributed by atoms with Gasteiger partial charge in [-0.2, -0.15) is 19.1 Å². The molecule has 4 N–H and O–H groups in total. The molecule has 4 fully saturated rings. The number of ether oxygens (including phenoxy) is 10. The number of rotatable bonds is 26. The topological polar surface area (TPSA) is 374 Å². The molecule has 10 atom stereocenters. The van der Waals surface area contributed by atoms with Gasteiger partial charge >= 0.3 is 18.3 Å². The molecule has 9 rings (SSSR count). The summed E-state index contributed by atoms with van der Waals surface area (Å²) in [5.41, 5.74) is 0.847. The molecule has 0 unspecified atom stereocenters. The minimum absolute atomic E-state index is 0.00292. The molecule has 0 spiro atoms. The number of nitro groups is 1. The van der Waals surface area contributed by atoms with Gasteiger partial charge in [0.2, 0.25) is 20.0 Å². The van der Waals surface area contributed by atoms with Crippen molar-refractivity contribution in [2.45, 2.75) is 124 Å². The third kappa shape index (κ3) is 22.0. The Balaban J connectivity index is 0.000000210. The average molecular weight is 1360 g/mol. The molecule has 4 saturated heterocycles. The van der Waals surface area contributed by atoms with E-state index in [2.05, 4.69) is 10.6 Å². The van der Waals surface area contributed by atoms with Crippen molar-refractivity contribution in [3.8, 4) is 29.4 Å². The number of nitriles is 2. The highest BCUT2D eigenvalue weighted by atomic mass is 32.2. The highest BCUT2D eigenvalue weighted by Crippen LogP contribution is 2.35. The Bertz CT molecular complexity index is 3600. The lowest BCUT2D eigenvalue weighted by molar-refractivity contribution is -0.384. The zero-order valence-electron chi connectivity index (χ0n) is 53.1. The molecule has 95 heavy (non-hydrogen) atoms. The monoisotopic (exact) mass is 1360 g/mol. The summed E-state index contributed by atoms with van der Waals surface area (Å²) < 4.78 is 109. The Morgan fingerprint density at radius 1 is 0.621 bits per heavy atom. The van der Waals surface area contributed by atoms with Gasteiger partial charge in [-0.1, -0.05) is 60.7 Å². The van der Waals surface area contributed by atoms with Gasteiger partial charge in [-0.15, -0.1) is 0 Å². The predicted octanol–water partition coefficient (Wildman–Crippen LogP) is 7.03. The summed E-state index contributed by atoms with van der Waals surface area (Å²) in [5.74, 6) is 1.16. The van der Waals surface area contributed by atoms with E-state index in [4.69, 9.17) is 57.9 Å². The number of amides is 2. The number of fused-ring (bicyclic) bond motifs is 2. The Kier molecular flexibility index (Phi) is 27.4. The summed E-state index contributed by atoms with van der Waals surface area (Å²) in [6.07, 6.45) is -4.64. The summed E-state index contributed by atoms with van der Waals surface area (Å²) in [7, 11) is -5.15. The van der Waals surface area contributed by atoms with E-state index < -0.39 is 79.3 Å². The summed E-state index contributed by atoms with van der Waals surface area (Å²) in [6.45, 7) is 5.86. The highest BCUT2D eigenvalue weighted by molar-refractivity contribution is 7.89. The third-order valence-electron chi connectivity index (χ3n) is 15.4. The van der Waals surface area contributed by atoms with Gasteiger partial charge in [-0.05, 0) is 118 Å². The molecule has 2 amide bonds. The number of sulfonamides is 2. The maximum atomic E-state index is 13.4. The lowest BCUT2D eigenvalue weighted by Gasteiger charge is -2.30. The van der Waals surface area contributed by atoms with Crippen LogP contribution in [0.15, 0.2) is 143 Å². The number of nitro benzene ring substituents is 1. The molecule has 30 heteroatoms. The normalized spacial score (nSPS) is 20.0. The van der Waals surface area contributed by atoms with Crippen LogP contribution >= 0.6 is 0 Å². The first kappa shape index (κ1) is 73.9. The van der Waals surface area contributed by atoms with Gasteiger partial charge in [0, 0.05) is 51.2 Å². The van der Waals surface area contributed by atoms with Gasteiger partial charge < -0.3 is 68.2 Å². The smallest absolute Gasteiger partial charge is 0.497 e. The van der Waals surface area contributed by atoms with E-state index in [1.54, 1.807) is 20.8 Å². The Morgan fingerprint density at radius 3 is 1.43 bits per heavy atom. The number of hydrogen-bond acceptors (Lipinski definition) is 23. The zero-order chi connectivity index (χ0) is 68.7. The molecule has 0 aliphatic carbocycles. The SMILES string of the molecule is COc1ccc(S(=O)(=O)N(CCC#N)C[C@@H](O)[C@H](Cc2ccccc2)NC(=O)OC(C)(C)C)cc1.COc1ccc(S(=O)(=O)N(CCC#N)C[C@@H](O)[C@H](Cc2ccccc2)NC(=O)O[C@H]2CO[C@H]3OCC[C@H]32)cc1.O=C(Oc1ccc([N+](=O)[O-])cc1)O[C@H]1CO[C@H]2OCC[C@H]21. The maximum Gasteiger partial charge on any atom is 0.514 e. The second-order valence-corrected chi connectivity index (χ2v) is 27.0. The molecular formula is C65H79N7O21S2. The second kappa shape index (κ2) is 35.3. The molecule has 4 aliphatic heterocycles. The number of nitrogens with one attached hydrogen (secondary N) is 2. The van der Waals surface area contributed by atoms with Crippen molar-refractivity contribution >= 4 is 44.1 Å². The van der Waals surface area contributed by atoms with Crippen LogP contribution in [-0.4, -0.2) is 180 Å². The summed E-state index contributed by atoms with van der Waals surface area (Å²) in [4.78, 5) is 47.1. The van der Waals surface area contributed by atoms with E-state index >= 15 is 0 Å². The highest BCUT2D eigenvalue weighted by Gasteiger charge is 2.46. The lowest BCUT2D eigenvalue weighted by Crippen LogP contribution is -2.51. The van der Waals surface area contributed by atoms with Gasteiger partial charge in [0.25, 0.3) is 5.69 Å². The van der Waals surface area contributed by atoms with Gasteiger partial charge in [-0.25, -0.2) is 31.2 Å². The number of nitrogens with zero attached hydrogens (tertiary/aromatic N) is 5. The second-order valence-electron chi connectivity index (χ2n) is 23.2. The van der Waals surface area contributed by atoms with Crippen LogP contribution in [0.2, 0.25) is 0 Å². The first-order valence-electron chi connectivity index (χ1n) is 30.4. The quantitative estimate of drug-likeness (QED) is 0.0142. The minimum atomic E-state index is -4.06. The number of carbonyl (C=O) groups excluding carboxylic acids is 3. The van der Waals surface area contributed by atoms with Crippen LogP contribution < -0.4 is 24.8 Å². The molecule has 5 aromatic carbocycles. The van der Waals surface area contributed by atoms with Gasteiger partial charge in [-0.3, -0.25) is 10.1 Å². The number of non-ortho nitro benzene ring substituents is 1. The first-order valence-corrected chi connectivity index (χ1v) is 33.3. The summed E-state index contributed by atoms with van der Waals surface area (Å²) in [6, 6.07) is 37.5. The Labute approximate surface area is 551 Å². The number of benzene rings is 5. The summed E-state index contributed by atoms with van der Waals surface area (Å²) >= 11 is 0. The van der Waals surface area contributed by atoms with Crippen molar-refractivity contribution < 1.29 is 93.7 Å². The molecule has 4 aliphatic rings. The van der Waals surface area contributed by atoms with E-state index in [0.717, 1.165) is 32.6 Å². The Hall–Kier alpha value is -8.53. The number of hydrogen-bond donors (Lipinski definition) is 4. The van der Waals surface area contributed by atoms with Crippen LogP contribution in [-0.2, 0) is 66.0 Å². The molecule has 5 aromatic rings. The van der Waals surface area contributed by atoms with Crippen LogP contribution in [0.1, 0.15) is 57.6 Å². The largest absolute Gasteiger partial charge is 0.514 e. The van der Waals surface area contributed by atoms with Gasteiger partial charge in [0.15, 0.2) is 12.6 Å². The van der Waals surface area contributed by atoms with E-state index in [1.807, 2.05) is 72.8 Å². The van der Waals surface area contributed by atoms with Crippen molar-refractivity contribution in [2.24, 2.45) is 11.8 Å². The van der Waals surface area contributed by atoms with Crippen molar-refractivity contribution in [1.29, 1.82) is 10.5 Å². The number of alkyl carbamates (subject to hydrolysis) is 2. The third-order valence-corrected chi connectivity index (χ3v) is 19.1. The van der Waals surface area contributed by atoms with Crippen LogP contribution in [0.5, 0.6) is 17.2 Å². The molecule has 0 radical (unpaired) electrons. The number of methoxy groups -OCH3 is 2. The number of aliphatic hydroxyl groups excluding tert-OH is 2. The molecule has 28 nitrogen and oxygen atoms in total. The molecular weight excluding hydrogens is 1280 g/mol. The van der Waals surface area contributed by atoms with Crippen molar-refractivity contribution in [3.63, 3.8) is 0 Å². The molecule has 0 bridgehead atoms. The first-order chi connectivity index (χ1) is 45.4. The fourth-order valence-electron chi connectivity index (χ4n) is 10.5. The summed E-state index contributed by atoms with van der Waals surface area (Å²) in [5, 5.41) is 56.5. The van der Waals surface area contributed by atoms with Crippen LogP contribution in [0.3, 0.4) is 0 Å². The average Bonchev–Trinajstić information content (AvgIpc) is 1.53. The predicted molar refractivity (Wildman–Crippen MR) is 338 cm³/mol. The van der Waals surface area contributed by atoms with Crippen molar-refractivity contribution in [3.05, 3.63) is 155 Å². The van der Waals surface area contributed by atoms with Gasteiger partial charge in [0.05, 0.1) is 104 Å². The van der Waals surface area contributed by atoms with Crippen molar-refractivity contribution in [1.82, 2.24) is 19.2 Å². The molecule has 0 saturated carbocycles. The van der Waals surface area contributed by atoms with Crippen molar-refractivity contribution in [2.75, 3.05) is 66.8 Å². The molecule has 512 valence electrons.